The van der Waals surface area contributed by atoms with Crippen LogP contribution in [0.25, 0.3) is 10.8 Å². The molecule has 0 heterocycles. The molecule has 3 heteroatoms. The Balaban J connectivity index is 2.28. The number of hydrogen-bond acceptors (Lipinski definition) is 1. The first-order valence-electron chi connectivity index (χ1n) is 6.12. The molecule has 3 aromatic rings. The molecule has 94 valence electrons. The molecule has 0 unspecified atom stereocenters. The van der Waals surface area contributed by atoms with Crippen LogP contribution in [0.15, 0.2) is 72.8 Å². The molecule has 0 aliphatic heterocycles. The van der Waals surface area contributed by atoms with Gasteiger partial charge in [0.1, 0.15) is 0 Å². The van der Waals surface area contributed by atoms with E-state index in [4.69, 9.17) is 5.50 Å². The van der Waals surface area contributed by atoms with E-state index in [1.807, 2.05) is 72.8 Å². The van der Waals surface area contributed by atoms with Gasteiger partial charge in [-0.15, -0.1) is 0 Å². The first kappa shape index (κ1) is 12.2. The zero-order chi connectivity index (χ0) is 13.3. The molecule has 0 radical (unpaired) electrons. The molecule has 2 nitrogen and oxygen atoms in total. The molecule has 0 bridgehead atoms. The molecule has 0 aromatic heterocycles. The lowest BCUT2D eigenvalue weighted by Gasteiger charge is -2.15. The van der Waals surface area contributed by atoms with Gasteiger partial charge in [0.15, 0.2) is 0 Å². The maximum atomic E-state index is 13.0. The molecule has 0 fully saturated rings. The lowest BCUT2D eigenvalue weighted by atomic mass is 10.1. The van der Waals surface area contributed by atoms with Crippen molar-refractivity contribution < 1.29 is 4.57 Å². The molecule has 0 saturated carbocycles. The van der Waals surface area contributed by atoms with E-state index in [0.29, 0.717) is 5.30 Å². The highest BCUT2D eigenvalue weighted by molar-refractivity contribution is 7.77. The predicted molar refractivity (Wildman–Crippen MR) is 81.5 cm³/mol. The van der Waals surface area contributed by atoms with Gasteiger partial charge in [-0.2, -0.15) is 0 Å². The molecule has 0 saturated heterocycles. The van der Waals surface area contributed by atoms with Gasteiger partial charge in [0.25, 0.3) is 0 Å². The summed E-state index contributed by atoms with van der Waals surface area (Å²) in [5, 5.41) is 3.42. The van der Waals surface area contributed by atoms with Crippen molar-refractivity contribution in [1.29, 1.82) is 0 Å². The van der Waals surface area contributed by atoms with Crippen LogP contribution in [-0.4, -0.2) is 0 Å². The Morgan fingerprint density at radius 3 is 2.16 bits per heavy atom. The predicted octanol–water partition coefficient (Wildman–Crippen LogP) is 3.03. The van der Waals surface area contributed by atoms with Gasteiger partial charge in [-0.25, -0.2) is 0 Å². The van der Waals surface area contributed by atoms with Crippen molar-refractivity contribution in [2.75, 3.05) is 0 Å². The van der Waals surface area contributed by atoms with E-state index in [9.17, 15) is 4.57 Å². The van der Waals surface area contributed by atoms with Crippen LogP contribution in [0.2, 0.25) is 0 Å². The van der Waals surface area contributed by atoms with Crippen molar-refractivity contribution in [2.45, 2.75) is 0 Å². The number of benzene rings is 3. The summed E-state index contributed by atoms with van der Waals surface area (Å²) in [5.74, 6) is 0. The van der Waals surface area contributed by atoms with Crippen molar-refractivity contribution in [3.8, 4) is 0 Å². The standard InChI is InChI=1S/C16H14NOP/c17-19(18,14-9-2-1-3-10-14)16-12-6-8-13-7-4-5-11-15(13)16/h1-12H,(H2,17,18)/t19-/m0/s1. The SMILES string of the molecule is N[P@](=O)(c1ccccc1)c1cccc2ccccc12. The Morgan fingerprint density at radius 1 is 0.737 bits per heavy atom. The molecule has 0 aliphatic carbocycles. The number of rotatable bonds is 2. The summed E-state index contributed by atoms with van der Waals surface area (Å²) in [7, 11) is -3.04. The second-order valence-electron chi connectivity index (χ2n) is 4.49. The Bertz CT molecular complexity index is 763. The lowest BCUT2D eigenvalue weighted by Crippen LogP contribution is -2.22. The summed E-state index contributed by atoms with van der Waals surface area (Å²) in [6, 6.07) is 22.9. The van der Waals surface area contributed by atoms with Crippen LogP contribution in [0, 0.1) is 0 Å². The Hall–Kier alpha value is -1.89. The summed E-state index contributed by atoms with van der Waals surface area (Å²) < 4.78 is 13.0. The minimum absolute atomic E-state index is 0.686. The molecule has 0 amide bonds. The number of nitrogens with two attached hydrogens (primary N) is 1. The first-order valence-corrected chi connectivity index (χ1v) is 7.90. The Kier molecular flexibility index (Phi) is 2.98. The van der Waals surface area contributed by atoms with E-state index in [0.717, 1.165) is 16.1 Å². The quantitative estimate of drug-likeness (QED) is 0.725. The number of hydrogen-bond donors (Lipinski definition) is 1. The molecule has 3 aromatic carbocycles. The van der Waals surface area contributed by atoms with Crippen LogP contribution in [0.1, 0.15) is 0 Å². The third-order valence-electron chi connectivity index (χ3n) is 3.26. The Morgan fingerprint density at radius 2 is 1.37 bits per heavy atom. The molecular formula is C16H14NOP. The van der Waals surface area contributed by atoms with Gasteiger partial charge in [-0.05, 0) is 29.0 Å². The van der Waals surface area contributed by atoms with Gasteiger partial charge in [0.2, 0.25) is 7.29 Å². The first-order chi connectivity index (χ1) is 9.19. The zero-order valence-electron chi connectivity index (χ0n) is 10.4. The van der Waals surface area contributed by atoms with Crippen LogP contribution in [0.3, 0.4) is 0 Å². The normalized spacial score (nSPS) is 14.2. The fourth-order valence-corrected chi connectivity index (χ4v) is 4.05. The van der Waals surface area contributed by atoms with Crippen molar-refractivity contribution in [2.24, 2.45) is 5.50 Å². The van der Waals surface area contributed by atoms with E-state index in [1.54, 1.807) is 0 Å². The second kappa shape index (κ2) is 4.65. The minimum atomic E-state index is -3.04. The van der Waals surface area contributed by atoms with E-state index in [2.05, 4.69) is 0 Å². The average molecular weight is 267 g/mol. The second-order valence-corrected chi connectivity index (χ2v) is 6.81. The van der Waals surface area contributed by atoms with E-state index < -0.39 is 7.29 Å². The molecule has 3 rings (SSSR count). The monoisotopic (exact) mass is 267 g/mol. The van der Waals surface area contributed by atoms with Crippen LogP contribution >= 0.6 is 7.29 Å². The fraction of sp³-hybridized carbons (Fsp3) is 0. The zero-order valence-corrected chi connectivity index (χ0v) is 11.3. The number of fused-ring (bicyclic) bond motifs is 1. The highest BCUT2D eigenvalue weighted by atomic mass is 31.2. The summed E-state index contributed by atoms with van der Waals surface area (Å²) in [6.45, 7) is 0. The van der Waals surface area contributed by atoms with Crippen molar-refractivity contribution in [3.63, 3.8) is 0 Å². The average Bonchev–Trinajstić information content (AvgIpc) is 2.47. The van der Waals surface area contributed by atoms with Gasteiger partial charge >= 0.3 is 0 Å². The largest absolute Gasteiger partial charge is 0.297 e. The molecule has 19 heavy (non-hydrogen) atoms. The molecule has 0 spiro atoms. The molecule has 0 aliphatic rings. The highest BCUT2D eigenvalue weighted by Gasteiger charge is 2.23. The maximum Gasteiger partial charge on any atom is 0.202 e. The summed E-state index contributed by atoms with van der Waals surface area (Å²) >= 11 is 0. The third-order valence-corrected chi connectivity index (χ3v) is 5.44. The van der Waals surface area contributed by atoms with E-state index >= 15 is 0 Å². The molecular weight excluding hydrogens is 253 g/mol. The topological polar surface area (TPSA) is 43.1 Å². The summed E-state index contributed by atoms with van der Waals surface area (Å²) in [4.78, 5) is 0. The van der Waals surface area contributed by atoms with Crippen LogP contribution in [0.5, 0.6) is 0 Å². The summed E-state index contributed by atoms with van der Waals surface area (Å²) in [5.41, 5.74) is 6.18. The van der Waals surface area contributed by atoms with Crippen LogP contribution < -0.4 is 16.1 Å². The minimum Gasteiger partial charge on any atom is -0.297 e. The van der Waals surface area contributed by atoms with Crippen molar-refractivity contribution >= 4 is 28.7 Å². The van der Waals surface area contributed by atoms with Crippen molar-refractivity contribution in [3.05, 3.63) is 72.8 Å². The van der Waals surface area contributed by atoms with Gasteiger partial charge in [-0.1, -0.05) is 54.6 Å². The van der Waals surface area contributed by atoms with Gasteiger partial charge in [0.05, 0.1) is 0 Å². The van der Waals surface area contributed by atoms with Crippen LogP contribution in [-0.2, 0) is 4.57 Å². The third kappa shape index (κ3) is 2.10. The smallest absolute Gasteiger partial charge is 0.202 e. The van der Waals surface area contributed by atoms with Gasteiger partial charge in [0, 0.05) is 10.6 Å². The maximum absolute atomic E-state index is 13.0. The van der Waals surface area contributed by atoms with E-state index in [1.165, 1.54) is 0 Å². The Labute approximate surface area is 112 Å². The highest BCUT2D eigenvalue weighted by Crippen LogP contribution is 2.36. The molecule has 1 atom stereocenters. The van der Waals surface area contributed by atoms with E-state index in [-0.39, 0.29) is 0 Å². The molecule has 2 N–H and O–H groups in total. The summed E-state index contributed by atoms with van der Waals surface area (Å²) in [6.07, 6.45) is 0. The van der Waals surface area contributed by atoms with Gasteiger partial charge < -0.3 is 0 Å². The van der Waals surface area contributed by atoms with Crippen LogP contribution in [0.4, 0.5) is 0 Å². The van der Waals surface area contributed by atoms with Crippen molar-refractivity contribution in [1.82, 2.24) is 0 Å². The lowest BCUT2D eigenvalue weighted by molar-refractivity contribution is 0.588. The van der Waals surface area contributed by atoms with Gasteiger partial charge in [-0.3, -0.25) is 10.1 Å². The fourth-order valence-electron chi connectivity index (χ4n) is 2.29.